The molecule has 0 radical (unpaired) electrons. The molecular weight excluding hydrogens is 214 g/mol. The van der Waals surface area contributed by atoms with Crippen LogP contribution >= 0.6 is 0 Å². The summed E-state index contributed by atoms with van der Waals surface area (Å²) in [7, 11) is 4.11. The minimum absolute atomic E-state index is 0.207. The van der Waals surface area contributed by atoms with Crippen molar-refractivity contribution in [3.63, 3.8) is 0 Å². The molecule has 0 aliphatic carbocycles. The Morgan fingerprint density at radius 1 is 1.35 bits per heavy atom. The van der Waals surface area contributed by atoms with Crippen molar-refractivity contribution in [3.8, 4) is 0 Å². The number of hydrogen-bond donors (Lipinski definition) is 1. The van der Waals surface area contributed by atoms with Gasteiger partial charge in [0.05, 0.1) is 6.54 Å². The first-order chi connectivity index (χ1) is 8.11. The van der Waals surface area contributed by atoms with Gasteiger partial charge in [0.1, 0.15) is 0 Å². The Labute approximate surface area is 104 Å². The highest BCUT2D eigenvalue weighted by Gasteiger charge is 2.38. The Hall–Kier alpha value is -0.610. The van der Waals surface area contributed by atoms with Crippen LogP contribution in [0, 0.1) is 0 Å². The number of likely N-dealkylation sites (N-methyl/N-ethyl adjacent to an activating group) is 1. The zero-order valence-corrected chi connectivity index (χ0v) is 11.3. The van der Waals surface area contributed by atoms with Crippen molar-refractivity contribution in [1.29, 1.82) is 0 Å². The first-order valence-electron chi connectivity index (χ1n) is 6.81. The van der Waals surface area contributed by atoms with Gasteiger partial charge in [0.2, 0.25) is 5.91 Å². The van der Waals surface area contributed by atoms with Crippen LogP contribution in [-0.4, -0.2) is 61.0 Å². The van der Waals surface area contributed by atoms with Gasteiger partial charge in [-0.25, -0.2) is 0 Å². The van der Waals surface area contributed by atoms with Crippen molar-refractivity contribution in [2.45, 2.75) is 50.7 Å². The van der Waals surface area contributed by atoms with Gasteiger partial charge in [-0.3, -0.25) is 4.79 Å². The lowest BCUT2D eigenvalue weighted by atomic mass is 9.98. The average molecular weight is 239 g/mol. The molecule has 2 aliphatic heterocycles. The summed E-state index contributed by atoms with van der Waals surface area (Å²) in [6.07, 6.45) is 5.08. The summed E-state index contributed by atoms with van der Waals surface area (Å²) in [6.45, 7) is 3.30. The molecular formula is C13H25N3O. The number of rotatable bonds is 4. The summed E-state index contributed by atoms with van der Waals surface area (Å²) in [5, 5.41) is 3.44. The molecule has 1 N–H and O–H groups in total. The van der Waals surface area contributed by atoms with Crippen molar-refractivity contribution in [3.05, 3.63) is 0 Å². The van der Waals surface area contributed by atoms with Crippen LogP contribution in [0.15, 0.2) is 0 Å². The highest BCUT2D eigenvalue weighted by molar-refractivity contribution is 5.77. The van der Waals surface area contributed by atoms with Crippen LogP contribution in [0.4, 0.5) is 0 Å². The van der Waals surface area contributed by atoms with E-state index < -0.39 is 0 Å². The first kappa shape index (κ1) is 12.8. The van der Waals surface area contributed by atoms with Crippen molar-refractivity contribution in [1.82, 2.24) is 15.1 Å². The Morgan fingerprint density at radius 3 is 2.47 bits per heavy atom. The van der Waals surface area contributed by atoms with Crippen molar-refractivity contribution in [2.75, 3.05) is 27.2 Å². The maximum Gasteiger partial charge on any atom is 0.236 e. The van der Waals surface area contributed by atoms with E-state index in [1.54, 1.807) is 4.90 Å². The molecule has 2 saturated heterocycles. The van der Waals surface area contributed by atoms with Crippen LogP contribution in [0.3, 0.4) is 0 Å². The number of nitrogens with one attached hydrogen (secondary N) is 1. The van der Waals surface area contributed by atoms with Gasteiger partial charge >= 0.3 is 0 Å². The number of amides is 1. The van der Waals surface area contributed by atoms with Gasteiger partial charge in [-0.05, 0) is 39.7 Å². The van der Waals surface area contributed by atoms with Crippen LogP contribution in [0.25, 0.3) is 0 Å². The quantitative estimate of drug-likeness (QED) is 0.783. The molecule has 2 unspecified atom stereocenters. The lowest BCUT2D eigenvalue weighted by Crippen LogP contribution is -2.49. The summed E-state index contributed by atoms with van der Waals surface area (Å²) in [4.78, 5) is 16.0. The number of hydrogen-bond acceptors (Lipinski definition) is 3. The smallest absolute Gasteiger partial charge is 0.236 e. The van der Waals surface area contributed by atoms with E-state index in [1.165, 1.54) is 25.7 Å². The van der Waals surface area contributed by atoms with E-state index in [1.807, 2.05) is 14.0 Å². The minimum Gasteiger partial charge on any atom is -0.345 e. The van der Waals surface area contributed by atoms with E-state index in [4.69, 9.17) is 0 Å². The van der Waals surface area contributed by atoms with E-state index in [0.29, 0.717) is 12.6 Å². The molecule has 2 fully saturated rings. The molecule has 4 nitrogen and oxygen atoms in total. The highest BCUT2D eigenvalue weighted by Crippen LogP contribution is 2.33. The lowest BCUT2D eigenvalue weighted by molar-refractivity contribution is -0.128. The molecule has 0 spiro atoms. The van der Waals surface area contributed by atoms with Crippen molar-refractivity contribution < 1.29 is 4.79 Å². The molecule has 2 atom stereocenters. The van der Waals surface area contributed by atoms with Crippen LogP contribution in [0.5, 0.6) is 0 Å². The molecule has 0 saturated carbocycles. The molecule has 2 aliphatic rings. The monoisotopic (exact) mass is 239 g/mol. The average Bonchev–Trinajstić information content (AvgIpc) is 2.57. The van der Waals surface area contributed by atoms with Crippen molar-refractivity contribution in [2.24, 2.45) is 0 Å². The predicted molar refractivity (Wildman–Crippen MR) is 68.9 cm³/mol. The Morgan fingerprint density at radius 2 is 1.94 bits per heavy atom. The molecule has 17 heavy (non-hydrogen) atoms. The Balaban J connectivity index is 1.76. The van der Waals surface area contributed by atoms with Crippen LogP contribution in [-0.2, 0) is 4.79 Å². The number of nitrogens with zero attached hydrogens (tertiary/aromatic N) is 2. The second kappa shape index (κ2) is 5.36. The molecule has 0 aromatic rings. The van der Waals surface area contributed by atoms with Gasteiger partial charge in [0.25, 0.3) is 0 Å². The summed E-state index contributed by atoms with van der Waals surface area (Å²) in [5.41, 5.74) is 0. The van der Waals surface area contributed by atoms with E-state index in [0.717, 1.165) is 18.6 Å². The Bertz CT molecular complexity index is 268. The molecule has 2 heterocycles. The molecule has 2 rings (SSSR count). The van der Waals surface area contributed by atoms with Gasteiger partial charge in [-0.1, -0.05) is 0 Å². The second-order valence-electron chi connectivity index (χ2n) is 5.51. The maximum atomic E-state index is 11.7. The SMILES string of the molecule is CCN(C)C(=O)CNC1CC2CCC(C1)N2C. The Kier molecular flexibility index (Phi) is 4.05. The number of carbonyl (C=O) groups is 1. The number of piperidine rings is 1. The van der Waals surface area contributed by atoms with Crippen molar-refractivity contribution >= 4 is 5.91 Å². The predicted octanol–water partition coefficient (Wildman–Crippen LogP) is 0.680. The van der Waals surface area contributed by atoms with Gasteiger partial charge in [0, 0.05) is 31.7 Å². The fourth-order valence-corrected chi connectivity index (χ4v) is 3.12. The lowest BCUT2D eigenvalue weighted by Gasteiger charge is -2.36. The number of fused-ring (bicyclic) bond motifs is 2. The molecule has 2 bridgehead atoms. The molecule has 0 aromatic heterocycles. The van der Waals surface area contributed by atoms with Gasteiger partial charge < -0.3 is 15.1 Å². The van der Waals surface area contributed by atoms with E-state index in [-0.39, 0.29) is 5.91 Å². The summed E-state index contributed by atoms with van der Waals surface area (Å²) in [6, 6.07) is 2.02. The summed E-state index contributed by atoms with van der Waals surface area (Å²) < 4.78 is 0. The van der Waals surface area contributed by atoms with Gasteiger partial charge in [-0.2, -0.15) is 0 Å². The highest BCUT2D eigenvalue weighted by atomic mass is 16.2. The molecule has 98 valence electrons. The fraction of sp³-hybridized carbons (Fsp3) is 0.923. The minimum atomic E-state index is 0.207. The zero-order chi connectivity index (χ0) is 12.4. The largest absolute Gasteiger partial charge is 0.345 e. The zero-order valence-electron chi connectivity index (χ0n) is 11.3. The summed E-state index contributed by atoms with van der Waals surface area (Å²) >= 11 is 0. The molecule has 0 aromatic carbocycles. The van der Waals surface area contributed by atoms with Crippen LogP contribution in [0.1, 0.15) is 32.6 Å². The van der Waals surface area contributed by atoms with Gasteiger partial charge in [0.15, 0.2) is 0 Å². The van der Waals surface area contributed by atoms with E-state index in [9.17, 15) is 4.79 Å². The maximum absolute atomic E-state index is 11.7. The normalized spacial score (nSPS) is 32.8. The standard InChI is InChI=1S/C13H25N3O/c1-4-15(2)13(17)9-14-10-7-11-5-6-12(8-10)16(11)3/h10-12,14H,4-9H2,1-3H3. The molecule has 1 amide bonds. The topological polar surface area (TPSA) is 35.6 Å². The third-order valence-electron chi connectivity index (χ3n) is 4.54. The summed E-state index contributed by atoms with van der Waals surface area (Å²) in [5.74, 6) is 0.207. The van der Waals surface area contributed by atoms with Crippen LogP contribution < -0.4 is 5.32 Å². The first-order valence-corrected chi connectivity index (χ1v) is 6.81. The number of carbonyl (C=O) groups excluding carboxylic acids is 1. The molecule has 4 heteroatoms. The van der Waals surface area contributed by atoms with Crippen LogP contribution in [0.2, 0.25) is 0 Å². The third kappa shape index (κ3) is 2.80. The third-order valence-corrected chi connectivity index (χ3v) is 4.54. The fourth-order valence-electron chi connectivity index (χ4n) is 3.12. The van der Waals surface area contributed by atoms with E-state index in [2.05, 4.69) is 17.3 Å². The van der Waals surface area contributed by atoms with E-state index >= 15 is 0 Å². The second-order valence-corrected chi connectivity index (χ2v) is 5.51. The van der Waals surface area contributed by atoms with Gasteiger partial charge in [-0.15, -0.1) is 0 Å².